The second kappa shape index (κ2) is 6.08. The summed E-state index contributed by atoms with van der Waals surface area (Å²) in [5.41, 5.74) is 2.38. The molecule has 19 heavy (non-hydrogen) atoms. The van der Waals surface area contributed by atoms with Gasteiger partial charge in [0, 0.05) is 18.2 Å². The van der Waals surface area contributed by atoms with E-state index in [-0.39, 0.29) is 18.1 Å². The summed E-state index contributed by atoms with van der Waals surface area (Å²) in [6.07, 6.45) is 1.14. The molecule has 0 unspecified atom stereocenters. The van der Waals surface area contributed by atoms with Gasteiger partial charge >= 0.3 is 0 Å². The number of hydrogen-bond acceptors (Lipinski definition) is 3. The molecule has 3 N–H and O–H groups in total. The first kappa shape index (κ1) is 13.9. The number of hydrogen-bond donors (Lipinski definition) is 3. The molecule has 3 nitrogen and oxygen atoms in total. The summed E-state index contributed by atoms with van der Waals surface area (Å²) >= 11 is 3.35. The quantitative estimate of drug-likeness (QED) is 0.808. The van der Waals surface area contributed by atoms with Crippen molar-refractivity contribution in [2.75, 3.05) is 6.61 Å². The third-order valence-corrected chi connectivity index (χ3v) is 3.85. The van der Waals surface area contributed by atoms with Gasteiger partial charge in [0.1, 0.15) is 11.5 Å². The predicted octanol–water partition coefficient (Wildman–Crippen LogP) is 3.45. The third kappa shape index (κ3) is 2.91. The van der Waals surface area contributed by atoms with E-state index in [2.05, 4.69) is 15.9 Å². The molecule has 0 aromatic heterocycles. The van der Waals surface area contributed by atoms with Crippen LogP contribution in [0.3, 0.4) is 0 Å². The second-order valence-corrected chi connectivity index (χ2v) is 5.07. The molecule has 0 spiro atoms. The van der Waals surface area contributed by atoms with Crippen LogP contribution in [0.1, 0.15) is 12.0 Å². The van der Waals surface area contributed by atoms with Gasteiger partial charge in [-0.1, -0.05) is 30.3 Å². The maximum atomic E-state index is 10.1. The average molecular weight is 323 g/mol. The van der Waals surface area contributed by atoms with Crippen molar-refractivity contribution < 1.29 is 15.3 Å². The summed E-state index contributed by atoms with van der Waals surface area (Å²) in [7, 11) is 0. The topological polar surface area (TPSA) is 60.7 Å². The maximum Gasteiger partial charge on any atom is 0.133 e. The SMILES string of the molecule is OCCCc1c(Br)c(O)cc(O)c1-c1ccccc1. The number of aromatic hydroxyl groups is 2. The van der Waals surface area contributed by atoms with E-state index in [0.29, 0.717) is 22.9 Å². The van der Waals surface area contributed by atoms with Gasteiger partial charge in [-0.15, -0.1) is 0 Å². The third-order valence-electron chi connectivity index (χ3n) is 2.97. The fourth-order valence-electron chi connectivity index (χ4n) is 2.10. The van der Waals surface area contributed by atoms with E-state index in [1.165, 1.54) is 6.07 Å². The predicted molar refractivity (Wildman–Crippen MR) is 78.3 cm³/mol. The normalized spacial score (nSPS) is 10.6. The lowest BCUT2D eigenvalue weighted by Crippen LogP contribution is -1.96. The molecule has 0 heterocycles. The van der Waals surface area contributed by atoms with Crippen molar-refractivity contribution in [3.63, 3.8) is 0 Å². The van der Waals surface area contributed by atoms with Crippen LogP contribution in [0.5, 0.6) is 11.5 Å². The zero-order valence-electron chi connectivity index (χ0n) is 10.3. The minimum atomic E-state index is 0.00474. The molecular formula is C15H15BrO3. The van der Waals surface area contributed by atoms with E-state index < -0.39 is 0 Å². The van der Waals surface area contributed by atoms with Crippen molar-refractivity contribution in [2.45, 2.75) is 12.8 Å². The molecular weight excluding hydrogens is 308 g/mol. The van der Waals surface area contributed by atoms with Gasteiger partial charge in [0.2, 0.25) is 0 Å². The van der Waals surface area contributed by atoms with Crippen LogP contribution in [-0.2, 0) is 6.42 Å². The minimum Gasteiger partial charge on any atom is -0.507 e. The van der Waals surface area contributed by atoms with Crippen LogP contribution < -0.4 is 0 Å². The number of aliphatic hydroxyl groups excluding tert-OH is 1. The Morgan fingerprint density at radius 1 is 1.00 bits per heavy atom. The number of aliphatic hydroxyl groups is 1. The van der Waals surface area contributed by atoms with Crippen molar-refractivity contribution >= 4 is 15.9 Å². The Labute approximate surface area is 120 Å². The van der Waals surface area contributed by atoms with Crippen molar-refractivity contribution in [1.29, 1.82) is 0 Å². The molecule has 4 heteroatoms. The monoisotopic (exact) mass is 322 g/mol. The average Bonchev–Trinajstić information content (AvgIpc) is 2.42. The summed E-state index contributed by atoms with van der Waals surface area (Å²) in [5.74, 6) is 0.0463. The Kier molecular flexibility index (Phi) is 4.45. The minimum absolute atomic E-state index is 0.00474. The fraction of sp³-hybridized carbons (Fsp3) is 0.200. The first-order chi connectivity index (χ1) is 9.15. The summed E-state index contributed by atoms with van der Waals surface area (Å²) in [6, 6.07) is 10.8. The van der Waals surface area contributed by atoms with Gasteiger partial charge in [-0.3, -0.25) is 0 Å². The zero-order chi connectivity index (χ0) is 13.8. The second-order valence-electron chi connectivity index (χ2n) is 4.28. The molecule has 0 aliphatic carbocycles. The van der Waals surface area contributed by atoms with Crippen LogP contribution in [0.25, 0.3) is 11.1 Å². The van der Waals surface area contributed by atoms with Gasteiger partial charge in [-0.05, 0) is 39.9 Å². The number of benzene rings is 2. The lowest BCUT2D eigenvalue weighted by atomic mass is 9.95. The smallest absolute Gasteiger partial charge is 0.133 e. The highest BCUT2D eigenvalue weighted by Gasteiger charge is 2.17. The van der Waals surface area contributed by atoms with Gasteiger partial charge in [0.25, 0.3) is 0 Å². The van der Waals surface area contributed by atoms with Crippen molar-refractivity contribution in [1.82, 2.24) is 0 Å². The van der Waals surface area contributed by atoms with Crippen LogP contribution in [0.15, 0.2) is 40.9 Å². The number of phenols is 2. The Balaban J connectivity index is 2.61. The molecule has 0 aliphatic heterocycles. The molecule has 100 valence electrons. The highest BCUT2D eigenvalue weighted by molar-refractivity contribution is 9.10. The lowest BCUT2D eigenvalue weighted by Gasteiger charge is -2.15. The van der Waals surface area contributed by atoms with Gasteiger partial charge in [-0.25, -0.2) is 0 Å². The Morgan fingerprint density at radius 2 is 1.68 bits per heavy atom. The maximum absolute atomic E-state index is 10.1. The molecule has 0 bridgehead atoms. The van der Waals surface area contributed by atoms with Gasteiger partial charge in [0.05, 0.1) is 4.47 Å². The van der Waals surface area contributed by atoms with Crippen LogP contribution in [0.2, 0.25) is 0 Å². The van der Waals surface area contributed by atoms with E-state index >= 15 is 0 Å². The van der Waals surface area contributed by atoms with E-state index in [9.17, 15) is 10.2 Å². The number of phenolic OH excluding ortho intramolecular Hbond substituents is 2. The summed E-state index contributed by atoms with van der Waals surface area (Å²) < 4.78 is 0.567. The molecule has 2 aromatic rings. The fourth-order valence-corrected chi connectivity index (χ4v) is 2.61. The van der Waals surface area contributed by atoms with Crippen molar-refractivity contribution in [3.8, 4) is 22.6 Å². The molecule has 0 saturated carbocycles. The Morgan fingerprint density at radius 3 is 2.32 bits per heavy atom. The van der Waals surface area contributed by atoms with Gasteiger partial charge in [0.15, 0.2) is 0 Å². The van der Waals surface area contributed by atoms with Gasteiger partial charge < -0.3 is 15.3 Å². The largest absolute Gasteiger partial charge is 0.507 e. The highest BCUT2D eigenvalue weighted by atomic mass is 79.9. The molecule has 0 aliphatic rings. The standard InChI is InChI=1S/C15H15BrO3/c16-15-11(7-4-8-17)14(12(18)9-13(15)19)10-5-2-1-3-6-10/h1-3,5-6,9,17-19H,4,7-8H2. The van der Waals surface area contributed by atoms with Crippen LogP contribution in [0, 0.1) is 0 Å². The van der Waals surface area contributed by atoms with E-state index in [4.69, 9.17) is 5.11 Å². The lowest BCUT2D eigenvalue weighted by molar-refractivity contribution is 0.288. The molecule has 0 radical (unpaired) electrons. The van der Waals surface area contributed by atoms with E-state index in [1.807, 2.05) is 30.3 Å². The Hall–Kier alpha value is -1.52. The summed E-state index contributed by atoms with van der Waals surface area (Å²) in [5, 5.41) is 28.9. The molecule has 0 saturated heterocycles. The summed E-state index contributed by atoms with van der Waals surface area (Å²) in [4.78, 5) is 0. The molecule has 0 fully saturated rings. The molecule has 0 atom stereocenters. The van der Waals surface area contributed by atoms with Crippen LogP contribution >= 0.6 is 15.9 Å². The van der Waals surface area contributed by atoms with E-state index in [0.717, 1.165) is 11.1 Å². The summed E-state index contributed by atoms with van der Waals surface area (Å²) in [6.45, 7) is 0.0666. The molecule has 2 aromatic carbocycles. The molecule has 2 rings (SSSR count). The zero-order valence-corrected chi connectivity index (χ0v) is 11.9. The Bertz CT molecular complexity index is 567. The first-order valence-electron chi connectivity index (χ1n) is 6.04. The molecule has 0 amide bonds. The first-order valence-corrected chi connectivity index (χ1v) is 6.84. The van der Waals surface area contributed by atoms with E-state index in [1.54, 1.807) is 0 Å². The van der Waals surface area contributed by atoms with Gasteiger partial charge in [-0.2, -0.15) is 0 Å². The number of halogens is 1. The van der Waals surface area contributed by atoms with Crippen LogP contribution in [-0.4, -0.2) is 21.9 Å². The van der Waals surface area contributed by atoms with Crippen molar-refractivity contribution in [2.24, 2.45) is 0 Å². The van der Waals surface area contributed by atoms with Crippen molar-refractivity contribution in [3.05, 3.63) is 46.4 Å². The number of rotatable bonds is 4. The highest BCUT2D eigenvalue weighted by Crippen LogP contribution is 2.42. The van der Waals surface area contributed by atoms with Crippen LogP contribution in [0.4, 0.5) is 0 Å².